The van der Waals surface area contributed by atoms with Crippen LogP contribution < -0.4 is 0 Å². The summed E-state index contributed by atoms with van der Waals surface area (Å²) in [6.07, 6.45) is 2.22. The fraction of sp³-hybridized carbons (Fsp3) is 0.600. The minimum absolute atomic E-state index is 0.182. The van der Waals surface area contributed by atoms with Gasteiger partial charge in [-0.05, 0) is 13.3 Å². The molecular formula is C10H16N4O3. The predicted molar refractivity (Wildman–Crippen MR) is 59.5 cm³/mol. The zero-order chi connectivity index (χ0) is 12.8. The third-order valence-electron chi connectivity index (χ3n) is 2.22. The maximum atomic E-state index is 11.9. The minimum Gasteiger partial charge on any atom is -0.480 e. The number of aromatic nitrogens is 3. The highest BCUT2D eigenvalue weighted by Gasteiger charge is 2.17. The highest BCUT2D eigenvalue weighted by molar-refractivity contribution is 5.91. The fourth-order valence-corrected chi connectivity index (χ4v) is 1.45. The average Bonchev–Trinajstić information content (AvgIpc) is 2.72. The maximum absolute atomic E-state index is 11.9. The second-order valence-corrected chi connectivity index (χ2v) is 3.58. The summed E-state index contributed by atoms with van der Waals surface area (Å²) in [6, 6.07) is 0. The van der Waals surface area contributed by atoms with E-state index < -0.39 is 5.97 Å². The zero-order valence-electron chi connectivity index (χ0n) is 9.96. The SMILES string of the molecule is CCCN(CC)C(=O)c1cn(CC(=O)O)nn1. The molecule has 0 aliphatic carbocycles. The lowest BCUT2D eigenvalue weighted by molar-refractivity contribution is -0.137. The van der Waals surface area contributed by atoms with Crippen LogP contribution in [-0.4, -0.2) is 50.0 Å². The number of rotatable bonds is 6. The van der Waals surface area contributed by atoms with Gasteiger partial charge in [-0.25, -0.2) is 4.68 Å². The Balaban J connectivity index is 2.74. The van der Waals surface area contributed by atoms with Crippen LogP contribution in [0.2, 0.25) is 0 Å². The van der Waals surface area contributed by atoms with Gasteiger partial charge in [0, 0.05) is 13.1 Å². The fourth-order valence-electron chi connectivity index (χ4n) is 1.45. The Morgan fingerprint density at radius 1 is 1.47 bits per heavy atom. The third-order valence-corrected chi connectivity index (χ3v) is 2.22. The number of nitrogens with zero attached hydrogens (tertiary/aromatic N) is 4. The molecule has 1 rings (SSSR count). The molecule has 0 bridgehead atoms. The molecule has 17 heavy (non-hydrogen) atoms. The summed E-state index contributed by atoms with van der Waals surface area (Å²) in [7, 11) is 0. The number of hydrogen-bond donors (Lipinski definition) is 1. The first-order valence-corrected chi connectivity index (χ1v) is 5.49. The Morgan fingerprint density at radius 3 is 2.71 bits per heavy atom. The number of carbonyl (C=O) groups is 2. The topological polar surface area (TPSA) is 88.3 Å². The Bertz CT molecular complexity index is 402. The van der Waals surface area contributed by atoms with Crippen LogP contribution >= 0.6 is 0 Å². The number of aliphatic carboxylic acids is 1. The maximum Gasteiger partial charge on any atom is 0.325 e. The summed E-state index contributed by atoms with van der Waals surface area (Å²) in [5.41, 5.74) is 0.182. The molecule has 7 heteroatoms. The van der Waals surface area contributed by atoms with Crippen molar-refractivity contribution >= 4 is 11.9 Å². The van der Waals surface area contributed by atoms with Crippen LogP contribution in [0.15, 0.2) is 6.20 Å². The van der Waals surface area contributed by atoms with Gasteiger partial charge in [0.15, 0.2) is 5.69 Å². The monoisotopic (exact) mass is 240 g/mol. The van der Waals surface area contributed by atoms with Crippen LogP contribution in [0.1, 0.15) is 30.8 Å². The van der Waals surface area contributed by atoms with E-state index in [1.165, 1.54) is 6.20 Å². The average molecular weight is 240 g/mol. The summed E-state index contributed by atoms with van der Waals surface area (Å²) in [5.74, 6) is -1.24. The number of carboxylic acids is 1. The first kappa shape index (κ1) is 13.1. The molecule has 1 amide bonds. The van der Waals surface area contributed by atoms with Gasteiger partial charge < -0.3 is 10.0 Å². The standard InChI is InChI=1S/C10H16N4O3/c1-3-5-13(4-2)10(17)8-6-14(12-11-8)7-9(15)16/h6H,3-5,7H2,1-2H3,(H,15,16). The summed E-state index contributed by atoms with van der Waals surface area (Å²) in [5, 5.41) is 15.8. The molecular weight excluding hydrogens is 224 g/mol. The molecule has 0 aliphatic rings. The number of hydrogen-bond acceptors (Lipinski definition) is 4. The van der Waals surface area contributed by atoms with Crippen LogP contribution in [0.5, 0.6) is 0 Å². The quantitative estimate of drug-likeness (QED) is 0.769. The zero-order valence-corrected chi connectivity index (χ0v) is 9.96. The molecule has 0 atom stereocenters. The van der Waals surface area contributed by atoms with Crippen molar-refractivity contribution in [3.05, 3.63) is 11.9 Å². The van der Waals surface area contributed by atoms with Crippen molar-refractivity contribution in [1.29, 1.82) is 0 Å². The molecule has 1 aromatic rings. The van der Waals surface area contributed by atoms with E-state index in [-0.39, 0.29) is 18.1 Å². The van der Waals surface area contributed by atoms with Gasteiger partial charge in [-0.2, -0.15) is 0 Å². The first-order chi connectivity index (χ1) is 8.08. The van der Waals surface area contributed by atoms with E-state index in [2.05, 4.69) is 10.3 Å². The van der Waals surface area contributed by atoms with Crippen molar-refractivity contribution < 1.29 is 14.7 Å². The smallest absolute Gasteiger partial charge is 0.325 e. The Labute approximate surface area is 99.0 Å². The van der Waals surface area contributed by atoms with Crippen molar-refractivity contribution in [2.24, 2.45) is 0 Å². The van der Waals surface area contributed by atoms with Crippen molar-refractivity contribution in [3.63, 3.8) is 0 Å². The molecule has 1 N–H and O–H groups in total. The number of amides is 1. The van der Waals surface area contributed by atoms with E-state index in [0.717, 1.165) is 11.1 Å². The van der Waals surface area contributed by atoms with E-state index in [4.69, 9.17) is 5.11 Å². The van der Waals surface area contributed by atoms with E-state index in [9.17, 15) is 9.59 Å². The molecule has 0 aliphatic heterocycles. The normalized spacial score (nSPS) is 10.2. The second-order valence-electron chi connectivity index (χ2n) is 3.58. The van der Waals surface area contributed by atoms with Crippen LogP contribution in [-0.2, 0) is 11.3 Å². The predicted octanol–water partition coefficient (Wildman–Crippen LogP) is 0.235. The molecule has 1 aromatic heterocycles. The summed E-state index contributed by atoms with van der Waals surface area (Å²) in [4.78, 5) is 24.0. The van der Waals surface area contributed by atoms with Crippen molar-refractivity contribution in [2.75, 3.05) is 13.1 Å². The van der Waals surface area contributed by atoms with Gasteiger partial charge in [-0.1, -0.05) is 12.1 Å². The molecule has 0 spiro atoms. The van der Waals surface area contributed by atoms with Crippen LogP contribution in [0.25, 0.3) is 0 Å². The second kappa shape index (κ2) is 5.97. The van der Waals surface area contributed by atoms with E-state index >= 15 is 0 Å². The van der Waals surface area contributed by atoms with Gasteiger partial charge in [0.25, 0.3) is 5.91 Å². The number of carboxylic acid groups (broad SMARTS) is 1. The van der Waals surface area contributed by atoms with Crippen molar-refractivity contribution in [1.82, 2.24) is 19.9 Å². The van der Waals surface area contributed by atoms with E-state index in [0.29, 0.717) is 13.1 Å². The number of carbonyl (C=O) groups excluding carboxylic acids is 1. The Morgan fingerprint density at radius 2 is 2.18 bits per heavy atom. The van der Waals surface area contributed by atoms with Gasteiger partial charge >= 0.3 is 5.97 Å². The Kier molecular flexibility index (Phi) is 4.62. The van der Waals surface area contributed by atoms with Crippen LogP contribution in [0.4, 0.5) is 0 Å². The molecule has 0 saturated heterocycles. The largest absolute Gasteiger partial charge is 0.480 e. The first-order valence-electron chi connectivity index (χ1n) is 5.49. The summed E-state index contributed by atoms with van der Waals surface area (Å²) >= 11 is 0. The molecule has 1 heterocycles. The third kappa shape index (κ3) is 3.54. The van der Waals surface area contributed by atoms with Gasteiger partial charge in [-0.15, -0.1) is 5.10 Å². The lowest BCUT2D eigenvalue weighted by Gasteiger charge is -2.18. The van der Waals surface area contributed by atoms with Crippen molar-refractivity contribution in [3.8, 4) is 0 Å². The molecule has 0 saturated carbocycles. The highest BCUT2D eigenvalue weighted by Crippen LogP contribution is 2.02. The Hall–Kier alpha value is -1.92. The molecule has 94 valence electrons. The lowest BCUT2D eigenvalue weighted by Crippen LogP contribution is -2.31. The minimum atomic E-state index is -1.02. The molecule has 7 nitrogen and oxygen atoms in total. The van der Waals surface area contributed by atoms with Crippen molar-refractivity contribution in [2.45, 2.75) is 26.8 Å². The molecule has 0 unspecified atom stereocenters. The van der Waals surface area contributed by atoms with Crippen LogP contribution in [0, 0.1) is 0 Å². The summed E-state index contributed by atoms with van der Waals surface area (Å²) < 4.78 is 1.13. The van der Waals surface area contributed by atoms with Gasteiger partial charge in [-0.3, -0.25) is 9.59 Å². The molecule has 0 aromatic carbocycles. The van der Waals surface area contributed by atoms with Gasteiger partial charge in [0.2, 0.25) is 0 Å². The van der Waals surface area contributed by atoms with Gasteiger partial charge in [0.1, 0.15) is 6.54 Å². The lowest BCUT2D eigenvalue weighted by atomic mass is 10.3. The van der Waals surface area contributed by atoms with E-state index in [1.807, 2.05) is 13.8 Å². The van der Waals surface area contributed by atoms with Crippen LogP contribution in [0.3, 0.4) is 0 Å². The van der Waals surface area contributed by atoms with E-state index in [1.54, 1.807) is 4.90 Å². The molecule has 0 radical (unpaired) electrons. The molecule has 0 fully saturated rings. The highest BCUT2D eigenvalue weighted by atomic mass is 16.4. The van der Waals surface area contributed by atoms with Gasteiger partial charge in [0.05, 0.1) is 6.20 Å². The summed E-state index contributed by atoms with van der Waals surface area (Å²) in [6.45, 7) is 4.83.